The van der Waals surface area contributed by atoms with Crippen LogP contribution in [0.3, 0.4) is 0 Å². The van der Waals surface area contributed by atoms with Crippen molar-refractivity contribution < 1.29 is 5.11 Å². The van der Waals surface area contributed by atoms with E-state index in [9.17, 15) is 5.11 Å². The largest absolute Gasteiger partial charge is 0.396 e. The zero-order chi connectivity index (χ0) is 12.3. The van der Waals surface area contributed by atoms with Gasteiger partial charge in [0.1, 0.15) is 0 Å². The van der Waals surface area contributed by atoms with Crippen LogP contribution in [0.1, 0.15) is 18.4 Å². The zero-order valence-corrected chi connectivity index (χ0v) is 11.2. The summed E-state index contributed by atoms with van der Waals surface area (Å²) in [5.74, 6) is 0.367. The minimum Gasteiger partial charge on any atom is -0.396 e. The number of nitrogens with zero attached hydrogens (tertiary/aromatic N) is 2. The van der Waals surface area contributed by atoms with E-state index in [1.54, 1.807) is 0 Å². The molecule has 0 radical (unpaired) electrons. The molecule has 0 amide bonds. The molecule has 1 atom stereocenters. The molecule has 17 heavy (non-hydrogen) atoms. The summed E-state index contributed by atoms with van der Waals surface area (Å²) in [6.45, 7) is 2.16. The number of nitriles is 1. The van der Waals surface area contributed by atoms with Crippen LogP contribution in [0.15, 0.2) is 22.7 Å². The van der Waals surface area contributed by atoms with Gasteiger partial charge in [-0.15, -0.1) is 0 Å². The molecule has 1 aliphatic rings. The third kappa shape index (κ3) is 2.80. The van der Waals surface area contributed by atoms with Crippen LogP contribution >= 0.6 is 15.9 Å². The van der Waals surface area contributed by atoms with Gasteiger partial charge in [-0.05, 0) is 52.9 Å². The molecule has 3 nitrogen and oxygen atoms in total. The van der Waals surface area contributed by atoms with Gasteiger partial charge in [0, 0.05) is 24.2 Å². The van der Waals surface area contributed by atoms with Crippen LogP contribution in [-0.4, -0.2) is 24.8 Å². The number of benzene rings is 1. The lowest BCUT2D eigenvalue weighted by molar-refractivity contribution is 0.208. The molecule has 1 aliphatic heterocycles. The first kappa shape index (κ1) is 12.4. The van der Waals surface area contributed by atoms with Crippen LogP contribution < -0.4 is 4.90 Å². The Labute approximate surface area is 110 Å². The van der Waals surface area contributed by atoms with Gasteiger partial charge in [0.2, 0.25) is 0 Å². The molecular weight excluding hydrogens is 280 g/mol. The van der Waals surface area contributed by atoms with Gasteiger partial charge in [-0.3, -0.25) is 0 Å². The Morgan fingerprint density at radius 2 is 2.35 bits per heavy atom. The van der Waals surface area contributed by atoms with Crippen molar-refractivity contribution in [2.75, 3.05) is 24.6 Å². The van der Waals surface area contributed by atoms with E-state index < -0.39 is 0 Å². The van der Waals surface area contributed by atoms with Crippen molar-refractivity contribution in [3.8, 4) is 6.07 Å². The Morgan fingerprint density at radius 3 is 3.00 bits per heavy atom. The fraction of sp³-hybridized carbons (Fsp3) is 0.462. The molecule has 0 bridgehead atoms. The van der Waals surface area contributed by atoms with Gasteiger partial charge < -0.3 is 10.0 Å². The van der Waals surface area contributed by atoms with Crippen LogP contribution in [0.4, 0.5) is 5.69 Å². The summed E-state index contributed by atoms with van der Waals surface area (Å²) in [5, 5.41) is 18.1. The number of aliphatic hydroxyl groups excluding tert-OH is 1. The summed E-state index contributed by atoms with van der Waals surface area (Å²) >= 11 is 3.51. The number of rotatable bonds is 2. The predicted octanol–water partition coefficient (Wildman–Crippen LogP) is 2.53. The number of anilines is 1. The first-order chi connectivity index (χ1) is 8.24. The van der Waals surface area contributed by atoms with Crippen molar-refractivity contribution in [2.24, 2.45) is 5.92 Å². The summed E-state index contributed by atoms with van der Waals surface area (Å²) in [5.41, 5.74) is 1.78. The van der Waals surface area contributed by atoms with Gasteiger partial charge >= 0.3 is 0 Å². The third-order valence-corrected chi connectivity index (χ3v) is 3.83. The molecule has 1 aromatic carbocycles. The van der Waals surface area contributed by atoms with Crippen LogP contribution in [0.2, 0.25) is 0 Å². The maximum atomic E-state index is 9.23. The molecule has 1 aromatic rings. The van der Waals surface area contributed by atoms with Crippen molar-refractivity contribution >= 4 is 21.6 Å². The predicted molar refractivity (Wildman–Crippen MR) is 70.9 cm³/mol. The number of hydrogen-bond donors (Lipinski definition) is 1. The van der Waals surface area contributed by atoms with E-state index in [-0.39, 0.29) is 6.61 Å². The quantitative estimate of drug-likeness (QED) is 0.912. The Morgan fingerprint density at radius 1 is 1.53 bits per heavy atom. The maximum absolute atomic E-state index is 9.23. The smallest absolute Gasteiger partial charge is 0.0992 e. The first-order valence-corrected chi connectivity index (χ1v) is 6.59. The highest BCUT2D eigenvalue weighted by Gasteiger charge is 2.20. The molecular formula is C13H15BrN2O. The molecule has 90 valence electrons. The fourth-order valence-electron chi connectivity index (χ4n) is 2.27. The average molecular weight is 295 g/mol. The molecule has 0 aliphatic carbocycles. The van der Waals surface area contributed by atoms with Crippen LogP contribution in [0.5, 0.6) is 0 Å². The highest BCUT2D eigenvalue weighted by atomic mass is 79.9. The standard InChI is InChI=1S/C13H15BrN2O/c14-12-6-10(7-15)3-4-13(12)16-5-1-2-11(8-16)9-17/h3-4,6,11,17H,1-2,5,8-9H2. The summed E-state index contributed by atoms with van der Waals surface area (Å²) in [4.78, 5) is 2.27. The van der Waals surface area contributed by atoms with Crippen LogP contribution in [-0.2, 0) is 0 Å². The Kier molecular flexibility index (Phi) is 4.03. The van der Waals surface area contributed by atoms with Crippen LogP contribution in [0.25, 0.3) is 0 Å². The highest BCUT2D eigenvalue weighted by molar-refractivity contribution is 9.10. The molecule has 0 spiro atoms. The topological polar surface area (TPSA) is 47.3 Å². The van der Waals surface area contributed by atoms with Gasteiger partial charge in [-0.25, -0.2) is 0 Å². The van der Waals surface area contributed by atoms with Gasteiger partial charge in [0.15, 0.2) is 0 Å². The van der Waals surface area contributed by atoms with Crippen molar-refractivity contribution in [2.45, 2.75) is 12.8 Å². The second-order valence-corrected chi connectivity index (χ2v) is 5.27. The molecule has 2 rings (SSSR count). The van der Waals surface area contributed by atoms with E-state index in [0.29, 0.717) is 11.5 Å². The van der Waals surface area contributed by atoms with Crippen molar-refractivity contribution in [1.82, 2.24) is 0 Å². The summed E-state index contributed by atoms with van der Waals surface area (Å²) in [6, 6.07) is 7.79. The molecule has 1 saturated heterocycles. The fourth-order valence-corrected chi connectivity index (χ4v) is 2.90. The summed E-state index contributed by atoms with van der Waals surface area (Å²) < 4.78 is 0.954. The molecule has 4 heteroatoms. The number of halogens is 1. The average Bonchev–Trinajstić information content (AvgIpc) is 2.38. The minimum absolute atomic E-state index is 0.254. The lowest BCUT2D eigenvalue weighted by Crippen LogP contribution is -2.36. The normalized spacial score (nSPS) is 20.1. The van der Waals surface area contributed by atoms with Crippen LogP contribution in [0, 0.1) is 17.2 Å². The van der Waals surface area contributed by atoms with Gasteiger partial charge in [-0.1, -0.05) is 0 Å². The SMILES string of the molecule is N#Cc1ccc(N2CCCC(CO)C2)c(Br)c1. The van der Waals surface area contributed by atoms with Crippen molar-refractivity contribution in [3.05, 3.63) is 28.2 Å². The Balaban J connectivity index is 2.19. The van der Waals surface area contributed by atoms with Crippen molar-refractivity contribution in [1.29, 1.82) is 5.26 Å². The number of piperidine rings is 1. The molecule has 0 saturated carbocycles. The lowest BCUT2D eigenvalue weighted by Gasteiger charge is -2.34. The summed E-state index contributed by atoms with van der Waals surface area (Å²) in [6.07, 6.45) is 2.21. The second kappa shape index (κ2) is 5.52. The maximum Gasteiger partial charge on any atom is 0.0992 e. The molecule has 1 heterocycles. The van der Waals surface area contributed by atoms with E-state index in [1.165, 1.54) is 0 Å². The lowest BCUT2D eigenvalue weighted by atomic mass is 9.98. The van der Waals surface area contributed by atoms with Gasteiger partial charge in [0.25, 0.3) is 0 Å². The van der Waals surface area contributed by atoms with E-state index in [0.717, 1.165) is 36.1 Å². The highest BCUT2D eigenvalue weighted by Crippen LogP contribution is 2.30. The monoisotopic (exact) mass is 294 g/mol. The van der Waals surface area contributed by atoms with E-state index in [1.807, 2.05) is 18.2 Å². The summed E-state index contributed by atoms with van der Waals surface area (Å²) in [7, 11) is 0. The molecule has 1 N–H and O–H groups in total. The van der Waals surface area contributed by atoms with E-state index in [4.69, 9.17) is 5.26 Å². The first-order valence-electron chi connectivity index (χ1n) is 5.80. The van der Waals surface area contributed by atoms with E-state index >= 15 is 0 Å². The Bertz CT molecular complexity index is 442. The van der Waals surface area contributed by atoms with E-state index in [2.05, 4.69) is 26.9 Å². The van der Waals surface area contributed by atoms with Gasteiger partial charge in [0.05, 0.1) is 17.3 Å². The molecule has 1 fully saturated rings. The third-order valence-electron chi connectivity index (χ3n) is 3.19. The zero-order valence-electron chi connectivity index (χ0n) is 9.56. The second-order valence-electron chi connectivity index (χ2n) is 4.41. The molecule has 0 aromatic heterocycles. The Hall–Kier alpha value is -1.05. The molecule has 1 unspecified atom stereocenters. The number of aliphatic hydroxyl groups is 1. The number of hydrogen-bond acceptors (Lipinski definition) is 3. The minimum atomic E-state index is 0.254. The van der Waals surface area contributed by atoms with Gasteiger partial charge in [-0.2, -0.15) is 5.26 Å². The van der Waals surface area contributed by atoms with Crippen molar-refractivity contribution in [3.63, 3.8) is 0 Å².